The van der Waals surface area contributed by atoms with Crippen molar-refractivity contribution in [3.05, 3.63) is 57.6 Å². The van der Waals surface area contributed by atoms with Crippen molar-refractivity contribution in [2.24, 2.45) is 0 Å². The second-order valence-electron chi connectivity index (χ2n) is 6.15. The zero-order chi connectivity index (χ0) is 17.7. The summed E-state index contributed by atoms with van der Waals surface area (Å²) in [5, 5.41) is 19.8. The summed E-state index contributed by atoms with van der Waals surface area (Å²) in [6.45, 7) is 8.08. The Hall–Kier alpha value is -1.30. The van der Waals surface area contributed by atoms with E-state index >= 15 is 0 Å². The highest BCUT2D eigenvalue weighted by molar-refractivity contribution is 9.10. The Morgan fingerprint density at radius 3 is 2.92 bits per heavy atom. The summed E-state index contributed by atoms with van der Waals surface area (Å²) in [5.74, 6) is 0.274. The number of phenols is 1. The highest BCUT2D eigenvalue weighted by Crippen LogP contribution is 2.29. The Morgan fingerprint density at radius 1 is 1.50 bits per heavy atom. The van der Waals surface area contributed by atoms with Crippen molar-refractivity contribution in [1.29, 1.82) is 0 Å². The fourth-order valence-corrected chi connectivity index (χ4v) is 3.26. The molecule has 0 saturated carbocycles. The third-order valence-electron chi connectivity index (χ3n) is 4.23. The first-order valence-corrected chi connectivity index (χ1v) is 9.07. The molecule has 1 aliphatic rings. The maximum absolute atomic E-state index is 10.0. The molecule has 2 rings (SSSR count). The molecule has 1 aliphatic heterocycles. The lowest BCUT2D eigenvalue weighted by molar-refractivity contribution is 0.183. The minimum atomic E-state index is -0.735. The lowest BCUT2D eigenvalue weighted by Gasteiger charge is -2.27. The highest BCUT2D eigenvalue weighted by Gasteiger charge is 2.27. The molecular weight excluding hydrogens is 367 g/mol. The van der Waals surface area contributed by atoms with Gasteiger partial charge in [0.15, 0.2) is 0 Å². The number of phenolic OH excluding ortho intramolecular Hbond substituents is 1. The van der Waals surface area contributed by atoms with Gasteiger partial charge in [0, 0.05) is 16.4 Å². The number of halogens is 1. The molecule has 0 amide bonds. The minimum absolute atomic E-state index is 0.127. The molecule has 2 N–H and O–H groups in total. The Morgan fingerprint density at radius 2 is 2.25 bits per heavy atom. The summed E-state index contributed by atoms with van der Waals surface area (Å²) in [4.78, 5) is 0. The molecular formula is C19H24BBrO3. The molecule has 1 atom stereocenters. The van der Waals surface area contributed by atoms with Crippen molar-refractivity contribution in [1.82, 2.24) is 0 Å². The van der Waals surface area contributed by atoms with Gasteiger partial charge in [-0.05, 0) is 50.0 Å². The number of hydrogen-bond donors (Lipinski definition) is 2. The van der Waals surface area contributed by atoms with E-state index in [0.29, 0.717) is 6.32 Å². The van der Waals surface area contributed by atoms with E-state index in [-0.39, 0.29) is 11.9 Å². The van der Waals surface area contributed by atoms with E-state index in [1.54, 1.807) is 6.07 Å². The molecule has 1 unspecified atom stereocenters. The smallest absolute Gasteiger partial charge is 0.458 e. The van der Waals surface area contributed by atoms with Crippen molar-refractivity contribution in [3.8, 4) is 5.75 Å². The second-order valence-corrected chi connectivity index (χ2v) is 7.07. The van der Waals surface area contributed by atoms with Crippen LogP contribution in [0.15, 0.2) is 52.0 Å². The summed E-state index contributed by atoms with van der Waals surface area (Å²) in [7, 11) is -0.735. The van der Waals surface area contributed by atoms with Crippen LogP contribution < -0.4 is 0 Å². The maximum atomic E-state index is 10.0. The summed E-state index contributed by atoms with van der Waals surface area (Å²) in [6.07, 6.45) is 6.96. The van der Waals surface area contributed by atoms with Crippen LogP contribution in [-0.4, -0.2) is 23.4 Å². The van der Waals surface area contributed by atoms with Gasteiger partial charge in [0.1, 0.15) is 5.75 Å². The number of rotatable bonds is 6. The van der Waals surface area contributed by atoms with E-state index in [9.17, 15) is 10.1 Å². The van der Waals surface area contributed by atoms with Crippen LogP contribution in [-0.2, 0) is 4.65 Å². The summed E-state index contributed by atoms with van der Waals surface area (Å²) >= 11 is 3.43. The molecule has 0 saturated heterocycles. The van der Waals surface area contributed by atoms with E-state index in [0.717, 1.165) is 40.4 Å². The zero-order valence-electron chi connectivity index (χ0n) is 14.3. The lowest BCUT2D eigenvalue weighted by atomic mass is 9.78. The van der Waals surface area contributed by atoms with E-state index in [1.165, 1.54) is 5.57 Å². The summed E-state index contributed by atoms with van der Waals surface area (Å²) in [6, 6.07) is 5.41. The van der Waals surface area contributed by atoms with Gasteiger partial charge in [0.25, 0.3) is 0 Å². The number of allylic oxidation sites excluding steroid dienone is 2. The van der Waals surface area contributed by atoms with Crippen molar-refractivity contribution >= 4 is 29.1 Å². The topological polar surface area (TPSA) is 49.7 Å². The third kappa shape index (κ3) is 5.10. The second kappa shape index (κ2) is 8.70. The Labute approximate surface area is 153 Å². The van der Waals surface area contributed by atoms with Crippen molar-refractivity contribution in [2.75, 3.05) is 0 Å². The van der Waals surface area contributed by atoms with E-state index in [4.69, 9.17) is 4.65 Å². The summed E-state index contributed by atoms with van der Waals surface area (Å²) in [5.41, 5.74) is 4.11. The lowest BCUT2D eigenvalue weighted by Crippen LogP contribution is -2.31. The molecule has 3 nitrogen and oxygen atoms in total. The van der Waals surface area contributed by atoms with Crippen LogP contribution in [0.2, 0.25) is 6.32 Å². The van der Waals surface area contributed by atoms with Crippen LogP contribution >= 0.6 is 15.9 Å². The molecule has 0 radical (unpaired) electrons. The average molecular weight is 391 g/mol. The van der Waals surface area contributed by atoms with Crippen LogP contribution in [0.5, 0.6) is 5.75 Å². The van der Waals surface area contributed by atoms with E-state index in [1.807, 2.05) is 31.2 Å². The molecule has 1 aromatic rings. The van der Waals surface area contributed by atoms with Gasteiger partial charge in [0.2, 0.25) is 0 Å². The van der Waals surface area contributed by atoms with Crippen LogP contribution in [0, 0.1) is 0 Å². The van der Waals surface area contributed by atoms with Gasteiger partial charge in [0.05, 0.1) is 6.10 Å². The first kappa shape index (κ1) is 19.0. The number of benzene rings is 1. The van der Waals surface area contributed by atoms with E-state index in [2.05, 4.69) is 29.4 Å². The minimum Gasteiger partial charge on any atom is -0.507 e. The van der Waals surface area contributed by atoms with Gasteiger partial charge in [-0.2, -0.15) is 0 Å². The highest BCUT2D eigenvalue weighted by atomic mass is 79.9. The van der Waals surface area contributed by atoms with Gasteiger partial charge < -0.3 is 14.8 Å². The molecule has 0 aromatic heterocycles. The van der Waals surface area contributed by atoms with Crippen molar-refractivity contribution in [3.63, 3.8) is 0 Å². The molecule has 0 bridgehead atoms. The van der Waals surface area contributed by atoms with Crippen LogP contribution in [0.25, 0.3) is 6.08 Å². The Kier molecular flexibility index (Phi) is 6.90. The standard InChI is InChI=1S/C19H24BBrO3/c1-4-14(11-15-12-16(21)6-7-18(15)22)5-8-19-17(13(2)3)9-10-20(23)24-19/h6-7,9,11-12,19,22-23H,2,4-5,8,10H2,1,3H3/b14-11+. The maximum Gasteiger partial charge on any atom is 0.458 e. The van der Waals surface area contributed by atoms with Gasteiger partial charge in [-0.3, -0.25) is 0 Å². The molecule has 0 fully saturated rings. The van der Waals surface area contributed by atoms with Gasteiger partial charge in [-0.15, -0.1) is 0 Å². The fraction of sp³-hybridized carbons (Fsp3) is 0.368. The van der Waals surface area contributed by atoms with E-state index < -0.39 is 7.12 Å². The monoisotopic (exact) mass is 390 g/mol. The fourth-order valence-electron chi connectivity index (χ4n) is 2.88. The van der Waals surface area contributed by atoms with Crippen molar-refractivity contribution in [2.45, 2.75) is 45.5 Å². The predicted molar refractivity (Wildman–Crippen MR) is 104 cm³/mol. The third-order valence-corrected chi connectivity index (χ3v) is 4.72. The molecule has 128 valence electrons. The molecule has 1 aromatic carbocycles. The first-order chi connectivity index (χ1) is 11.4. The first-order valence-electron chi connectivity index (χ1n) is 8.28. The molecule has 5 heteroatoms. The van der Waals surface area contributed by atoms with Gasteiger partial charge in [-0.1, -0.05) is 52.7 Å². The zero-order valence-corrected chi connectivity index (χ0v) is 15.8. The largest absolute Gasteiger partial charge is 0.507 e. The van der Waals surface area contributed by atoms with Crippen LogP contribution in [0.4, 0.5) is 0 Å². The van der Waals surface area contributed by atoms with Gasteiger partial charge >= 0.3 is 7.12 Å². The summed E-state index contributed by atoms with van der Waals surface area (Å²) < 4.78 is 6.63. The number of aromatic hydroxyl groups is 1. The SMILES string of the molecule is C=C(C)C1=CCB(O)OC1CC/C(=C/c1cc(Br)ccc1O)CC. The average Bonchev–Trinajstić information content (AvgIpc) is 2.54. The quantitative estimate of drug-likeness (QED) is 0.663. The molecule has 24 heavy (non-hydrogen) atoms. The van der Waals surface area contributed by atoms with Crippen LogP contribution in [0.3, 0.4) is 0 Å². The molecule has 0 spiro atoms. The van der Waals surface area contributed by atoms with Crippen LogP contribution in [0.1, 0.15) is 38.7 Å². The van der Waals surface area contributed by atoms with Crippen molar-refractivity contribution < 1.29 is 14.8 Å². The predicted octanol–water partition coefficient (Wildman–Crippen LogP) is 5.11. The Balaban J connectivity index is 2.11. The molecule has 1 heterocycles. The molecule has 0 aliphatic carbocycles. The van der Waals surface area contributed by atoms with Gasteiger partial charge in [-0.25, -0.2) is 0 Å². The normalized spacial score (nSPS) is 18.5. The number of hydrogen-bond acceptors (Lipinski definition) is 3. The Bertz CT molecular complexity index is 667.